The molecule has 0 N–H and O–H groups in total. The topological polar surface area (TPSA) is 39.2 Å². The van der Waals surface area contributed by atoms with Crippen molar-refractivity contribution in [1.29, 1.82) is 0 Å². The molecule has 0 aliphatic carbocycles. The molecular formula is C24H29ClN4O. The lowest BCUT2D eigenvalue weighted by Crippen LogP contribution is -2.48. The smallest absolute Gasteiger partial charge is 0.257 e. The Morgan fingerprint density at radius 2 is 1.83 bits per heavy atom. The molecule has 0 aromatic heterocycles. The van der Waals surface area contributed by atoms with Crippen molar-refractivity contribution in [3.63, 3.8) is 0 Å². The van der Waals surface area contributed by atoms with E-state index >= 15 is 0 Å². The second-order valence-corrected chi connectivity index (χ2v) is 8.83. The van der Waals surface area contributed by atoms with E-state index in [-0.39, 0.29) is 11.9 Å². The lowest BCUT2D eigenvalue weighted by molar-refractivity contribution is -0.134. The molecule has 6 heteroatoms. The summed E-state index contributed by atoms with van der Waals surface area (Å²) in [7, 11) is 2.12. The first-order chi connectivity index (χ1) is 14.4. The number of hydrazone groups is 1. The molecule has 1 amide bonds. The van der Waals surface area contributed by atoms with Crippen molar-refractivity contribution >= 4 is 23.2 Å². The molecule has 2 aromatic rings. The van der Waals surface area contributed by atoms with E-state index < -0.39 is 0 Å². The molecule has 0 saturated carbocycles. The molecule has 0 spiro atoms. The molecule has 1 atom stereocenters. The minimum absolute atomic E-state index is 0.0486. The summed E-state index contributed by atoms with van der Waals surface area (Å²) in [5.41, 5.74) is 5.31. The van der Waals surface area contributed by atoms with E-state index in [2.05, 4.69) is 48.9 Å². The maximum absolute atomic E-state index is 13.4. The number of carbonyl (C=O) groups excluding carboxylic acids is 1. The number of aryl methyl sites for hydroxylation is 2. The van der Waals surface area contributed by atoms with Gasteiger partial charge < -0.3 is 4.90 Å². The normalized spacial score (nSPS) is 20.5. The van der Waals surface area contributed by atoms with Gasteiger partial charge in [0.25, 0.3) is 5.91 Å². The molecule has 2 aliphatic heterocycles. The summed E-state index contributed by atoms with van der Waals surface area (Å²) in [5, 5.41) is 7.18. The number of amides is 1. The van der Waals surface area contributed by atoms with Gasteiger partial charge in [-0.05, 0) is 38.1 Å². The number of halogens is 1. The summed E-state index contributed by atoms with van der Waals surface area (Å²) in [5.74, 6) is 0.0486. The summed E-state index contributed by atoms with van der Waals surface area (Å²) in [4.78, 5) is 17.9. The molecule has 1 saturated heterocycles. The molecule has 0 bridgehead atoms. The zero-order chi connectivity index (χ0) is 21.3. The Kier molecular flexibility index (Phi) is 6.23. The number of likely N-dealkylation sites (N-methyl/N-ethyl adjacent to an activating group) is 1. The third kappa shape index (κ3) is 4.43. The molecule has 1 fully saturated rings. The van der Waals surface area contributed by atoms with Crippen molar-refractivity contribution in [2.45, 2.75) is 26.3 Å². The average molecular weight is 425 g/mol. The van der Waals surface area contributed by atoms with Crippen LogP contribution in [-0.2, 0) is 4.79 Å². The van der Waals surface area contributed by atoms with Crippen LogP contribution >= 0.6 is 11.6 Å². The van der Waals surface area contributed by atoms with E-state index in [1.807, 2.05) is 24.3 Å². The highest BCUT2D eigenvalue weighted by atomic mass is 35.5. The highest BCUT2D eigenvalue weighted by Gasteiger charge is 2.35. The Morgan fingerprint density at radius 1 is 1.10 bits per heavy atom. The molecule has 30 heavy (non-hydrogen) atoms. The minimum Gasteiger partial charge on any atom is -0.304 e. The highest BCUT2D eigenvalue weighted by Crippen LogP contribution is 2.36. The standard InChI is InChI=1S/C24H29ClN4O/c1-17-8-9-18(2)20(14-17)23-15-22(19-6-4-5-7-21(19)25)26-29(23)24(30)16-28-12-10-27(3)11-13-28/h4-9,14,23H,10-13,15-16H2,1-3H3/t23-/m1/s1. The van der Waals surface area contributed by atoms with Gasteiger partial charge in [-0.2, -0.15) is 5.10 Å². The largest absolute Gasteiger partial charge is 0.304 e. The van der Waals surface area contributed by atoms with Crippen LogP contribution in [0.25, 0.3) is 0 Å². The van der Waals surface area contributed by atoms with Crippen LogP contribution < -0.4 is 0 Å². The fraction of sp³-hybridized carbons (Fsp3) is 0.417. The second kappa shape index (κ2) is 8.88. The van der Waals surface area contributed by atoms with Gasteiger partial charge in [-0.25, -0.2) is 5.01 Å². The van der Waals surface area contributed by atoms with E-state index in [4.69, 9.17) is 16.7 Å². The lowest BCUT2D eigenvalue weighted by atomic mass is 9.94. The molecule has 2 aromatic carbocycles. The van der Waals surface area contributed by atoms with Gasteiger partial charge in [-0.15, -0.1) is 0 Å². The number of hydrogen-bond acceptors (Lipinski definition) is 4. The predicted octanol–water partition coefficient (Wildman–Crippen LogP) is 3.88. The van der Waals surface area contributed by atoms with E-state index in [0.29, 0.717) is 18.0 Å². The van der Waals surface area contributed by atoms with E-state index in [1.165, 1.54) is 11.1 Å². The summed E-state index contributed by atoms with van der Waals surface area (Å²) in [6, 6.07) is 14.1. The quantitative estimate of drug-likeness (QED) is 0.747. The van der Waals surface area contributed by atoms with Crippen LogP contribution in [0.3, 0.4) is 0 Å². The van der Waals surface area contributed by atoms with Gasteiger partial charge in [-0.1, -0.05) is 53.6 Å². The van der Waals surface area contributed by atoms with Crippen LogP contribution in [0.1, 0.15) is 34.7 Å². The highest BCUT2D eigenvalue weighted by molar-refractivity contribution is 6.34. The third-order valence-corrected chi connectivity index (χ3v) is 6.43. The monoisotopic (exact) mass is 424 g/mol. The van der Waals surface area contributed by atoms with Crippen molar-refractivity contribution in [2.24, 2.45) is 5.10 Å². The van der Waals surface area contributed by atoms with Crippen molar-refractivity contribution < 1.29 is 4.79 Å². The summed E-state index contributed by atoms with van der Waals surface area (Å²) < 4.78 is 0. The average Bonchev–Trinajstić information content (AvgIpc) is 3.17. The van der Waals surface area contributed by atoms with Crippen LogP contribution in [0.4, 0.5) is 0 Å². The zero-order valence-corrected chi connectivity index (χ0v) is 18.7. The van der Waals surface area contributed by atoms with Crippen molar-refractivity contribution in [1.82, 2.24) is 14.8 Å². The lowest BCUT2D eigenvalue weighted by Gasteiger charge is -2.33. The Morgan fingerprint density at radius 3 is 2.57 bits per heavy atom. The van der Waals surface area contributed by atoms with Crippen LogP contribution in [-0.4, -0.2) is 66.2 Å². The van der Waals surface area contributed by atoms with Gasteiger partial charge in [0.15, 0.2) is 0 Å². The number of nitrogens with zero attached hydrogens (tertiary/aromatic N) is 4. The zero-order valence-electron chi connectivity index (χ0n) is 17.9. The molecule has 4 rings (SSSR count). The molecule has 0 radical (unpaired) electrons. The van der Waals surface area contributed by atoms with Gasteiger partial charge in [0.1, 0.15) is 0 Å². The molecular weight excluding hydrogens is 396 g/mol. The van der Waals surface area contributed by atoms with Gasteiger partial charge in [0, 0.05) is 43.2 Å². The molecule has 158 valence electrons. The minimum atomic E-state index is -0.101. The van der Waals surface area contributed by atoms with Crippen LogP contribution in [0.15, 0.2) is 47.6 Å². The van der Waals surface area contributed by atoms with Gasteiger partial charge in [0.05, 0.1) is 18.3 Å². The maximum Gasteiger partial charge on any atom is 0.257 e. The predicted molar refractivity (Wildman–Crippen MR) is 122 cm³/mol. The van der Waals surface area contributed by atoms with E-state index in [1.54, 1.807) is 5.01 Å². The van der Waals surface area contributed by atoms with Crippen LogP contribution in [0.2, 0.25) is 5.02 Å². The van der Waals surface area contributed by atoms with Crippen molar-refractivity contribution in [2.75, 3.05) is 39.8 Å². The third-order valence-electron chi connectivity index (χ3n) is 6.10. The van der Waals surface area contributed by atoms with Crippen LogP contribution in [0.5, 0.6) is 0 Å². The Bertz CT molecular complexity index is 965. The number of rotatable bonds is 4. The number of carbonyl (C=O) groups is 1. The SMILES string of the molecule is Cc1ccc(C)c([C@H]2CC(c3ccccc3Cl)=NN2C(=O)CN2CCN(C)CC2)c1. The summed E-state index contributed by atoms with van der Waals surface area (Å²) in [6.07, 6.45) is 0.669. The fourth-order valence-electron chi connectivity index (χ4n) is 4.23. The van der Waals surface area contributed by atoms with Crippen molar-refractivity contribution in [3.05, 3.63) is 69.7 Å². The molecule has 0 unspecified atom stereocenters. The first-order valence-electron chi connectivity index (χ1n) is 10.5. The van der Waals surface area contributed by atoms with Gasteiger partial charge in [-0.3, -0.25) is 9.69 Å². The fourth-order valence-corrected chi connectivity index (χ4v) is 4.47. The summed E-state index contributed by atoms with van der Waals surface area (Å²) >= 11 is 6.45. The molecule has 2 aliphatic rings. The Balaban J connectivity index is 1.64. The van der Waals surface area contributed by atoms with Crippen LogP contribution in [0, 0.1) is 13.8 Å². The summed E-state index contributed by atoms with van der Waals surface area (Å²) in [6.45, 7) is 8.38. The van der Waals surface area contributed by atoms with E-state index in [0.717, 1.165) is 43.0 Å². The first-order valence-corrected chi connectivity index (χ1v) is 10.9. The number of piperazine rings is 1. The van der Waals surface area contributed by atoms with E-state index in [9.17, 15) is 4.79 Å². The second-order valence-electron chi connectivity index (χ2n) is 8.42. The van der Waals surface area contributed by atoms with Gasteiger partial charge in [0.2, 0.25) is 0 Å². The van der Waals surface area contributed by atoms with Crippen molar-refractivity contribution in [3.8, 4) is 0 Å². The number of benzene rings is 2. The Labute approximate surface area is 183 Å². The molecule has 5 nitrogen and oxygen atoms in total. The Hall–Kier alpha value is -2.21. The number of hydrogen-bond donors (Lipinski definition) is 0. The first kappa shape index (κ1) is 21.0. The maximum atomic E-state index is 13.4. The molecule has 2 heterocycles. The van der Waals surface area contributed by atoms with Gasteiger partial charge >= 0.3 is 0 Å².